The van der Waals surface area contributed by atoms with Crippen LogP contribution in [0.5, 0.6) is 0 Å². The molecule has 0 bridgehead atoms. The molecular weight excluding hydrogens is 375 g/mol. The summed E-state index contributed by atoms with van der Waals surface area (Å²) in [6.07, 6.45) is 1.45. The minimum atomic E-state index is -0.280. The van der Waals surface area contributed by atoms with Gasteiger partial charge in [0.1, 0.15) is 5.69 Å². The van der Waals surface area contributed by atoms with Crippen molar-refractivity contribution in [2.24, 2.45) is 0 Å². The molecule has 8 heteroatoms. The largest absolute Gasteiger partial charge is 0.354 e. The van der Waals surface area contributed by atoms with Gasteiger partial charge in [0.2, 0.25) is 0 Å². The third-order valence-corrected chi connectivity index (χ3v) is 4.44. The van der Waals surface area contributed by atoms with Gasteiger partial charge in [-0.2, -0.15) is 0 Å². The molecule has 2 amide bonds. The zero-order valence-corrected chi connectivity index (χ0v) is 15.8. The van der Waals surface area contributed by atoms with Crippen LogP contribution >= 0.6 is 24.0 Å². The third-order valence-electron chi connectivity index (χ3n) is 4.21. The lowest BCUT2D eigenvalue weighted by molar-refractivity contribution is 0.0633. The van der Waals surface area contributed by atoms with Crippen molar-refractivity contribution in [1.29, 1.82) is 0 Å². The first-order valence-electron chi connectivity index (χ1n) is 8.05. The summed E-state index contributed by atoms with van der Waals surface area (Å²) >= 11 is 6.10. The van der Waals surface area contributed by atoms with Gasteiger partial charge < -0.3 is 15.5 Å². The monoisotopic (exact) mass is 394 g/mol. The number of carbonyl (C=O) groups is 2. The molecule has 1 unspecified atom stereocenters. The number of nitrogens with zero attached hydrogens (tertiary/aromatic N) is 2. The Morgan fingerprint density at radius 1 is 1.31 bits per heavy atom. The smallest absolute Gasteiger partial charge is 0.269 e. The van der Waals surface area contributed by atoms with Gasteiger partial charge in [0.25, 0.3) is 11.8 Å². The van der Waals surface area contributed by atoms with Crippen molar-refractivity contribution >= 4 is 35.8 Å². The maximum absolute atomic E-state index is 12.9. The molecule has 1 aromatic carbocycles. The van der Waals surface area contributed by atoms with Crippen LogP contribution in [0.3, 0.4) is 0 Å². The Morgan fingerprint density at radius 2 is 2.12 bits per heavy atom. The van der Waals surface area contributed by atoms with Gasteiger partial charge in [-0.15, -0.1) is 12.4 Å². The number of pyridine rings is 1. The van der Waals surface area contributed by atoms with Gasteiger partial charge in [-0.05, 0) is 29.8 Å². The number of piperazine rings is 1. The normalized spacial score (nSPS) is 16.5. The fourth-order valence-electron chi connectivity index (χ4n) is 2.91. The molecule has 1 aromatic heterocycles. The Kier molecular flexibility index (Phi) is 6.97. The van der Waals surface area contributed by atoms with Crippen LogP contribution in [-0.4, -0.2) is 48.4 Å². The molecule has 1 aliphatic rings. The summed E-state index contributed by atoms with van der Waals surface area (Å²) in [6, 6.07) is 10.6. The summed E-state index contributed by atoms with van der Waals surface area (Å²) in [4.78, 5) is 30.4. The number of hydrogen-bond acceptors (Lipinski definition) is 4. The van der Waals surface area contributed by atoms with Crippen LogP contribution in [0.25, 0.3) is 0 Å². The number of carbonyl (C=O) groups excluding carboxylic acids is 2. The van der Waals surface area contributed by atoms with Gasteiger partial charge in [0.15, 0.2) is 0 Å². The Labute approximate surface area is 163 Å². The summed E-state index contributed by atoms with van der Waals surface area (Å²) in [7, 11) is 1.54. The number of hydrogen-bond donors (Lipinski definition) is 2. The van der Waals surface area contributed by atoms with Crippen molar-refractivity contribution in [3.8, 4) is 0 Å². The molecular formula is C18H20Cl2N4O2. The Hall–Kier alpha value is -2.15. The molecule has 1 aliphatic heterocycles. The second kappa shape index (κ2) is 8.98. The van der Waals surface area contributed by atoms with Crippen LogP contribution in [0.4, 0.5) is 0 Å². The maximum Gasteiger partial charge on any atom is 0.269 e. The van der Waals surface area contributed by atoms with Crippen molar-refractivity contribution in [1.82, 2.24) is 20.5 Å². The van der Waals surface area contributed by atoms with E-state index in [1.54, 1.807) is 19.2 Å². The van der Waals surface area contributed by atoms with Crippen molar-refractivity contribution in [3.63, 3.8) is 0 Å². The van der Waals surface area contributed by atoms with E-state index in [9.17, 15) is 9.59 Å². The van der Waals surface area contributed by atoms with Crippen LogP contribution in [0.15, 0.2) is 42.6 Å². The second-order valence-corrected chi connectivity index (χ2v) is 6.22. The second-order valence-electron chi connectivity index (χ2n) is 5.78. The molecule has 0 spiro atoms. The van der Waals surface area contributed by atoms with E-state index in [1.807, 2.05) is 29.2 Å². The molecule has 6 nitrogen and oxygen atoms in total. The zero-order chi connectivity index (χ0) is 17.8. The average Bonchev–Trinajstić information content (AvgIpc) is 2.67. The van der Waals surface area contributed by atoms with Crippen molar-refractivity contribution < 1.29 is 9.59 Å². The molecule has 3 rings (SSSR count). The van der Waals surface area contributed by atoms with E-state index in [-0.39, 0.29) is 36.0 Å². The summed E-state index contributed by atoms with van der Waals surface area (Å²) in [5, 5.41) is 6.47. The molecule has 2 N–H and O–H groups in total. The molecule has 138 valence electrons. The van der Waals surface area contributed by atoms with Crippen molar-refractivity contribution in [3.05, 3.63) is 64.4 Å². The number of benzene rings is 1. The number of halogens is 2. The van der Waals surface area contributed by atoms with Crippen LogP contribution in [0.2, 0.25) is 5.02 Å². The lowest BCUT2D eigenvalue weighted by Gasteiger charge is -2.36. The average molecular weight is 395 g/mol. The molecule has 0 saturated carbocycles. The standard InChI is InChI=1S/C18H19ClN4O2.ClH/c1-20-17(24)15-6-5-13(10-22-15)18(25)23-8-7-21-11-16(23)12-3-2-4-14(19)9-12;/h2-6,9-10,16,21H,7-8,11H2,1H3,(H,20,24);1H. The Balaban J connectivity index is 0.00000243. The SMILES string of the molecule is CNC(=O)c1ccc(C(=O)N2CCNCC2c2cccc(Cl)c2)cn1.Cl. The van der Waals surface area contributed by atoms with E-state index in [0.29, 0.717) is 23.7 Å². The molecule has 1 saturated heterocycles. The van der Waals surface area contributed by atoms with Gasteiger partial charge >= 0.3 is 0 Å². The number of aromatic nitrogens is 1. The molecule has 1 fully saturated rings. The summed E-state index contributed by atoms with van der Waals surface area (Å²) in [5.74, 6) is -0.389. The van der Waals surface area contributed by atoms with E-state index in [0.717, 1.165) is 12.1 Å². The van der Waals surface area contributed by atoms with Gasteiger partial charge in [-0.1, -0.05) is 23.7 Å². The zero-order valence-electron chi connectivity index (χ0n) is 14.2. The third kappa shape index (κ3) is 4.33. The highest BCUT2D eigenvalue weighted by Gasteiger charge is 2.29. The minimum Gasteiger partial charge on any atom is -0.354 e. The molecule has 1 atom stereocenters. The Morgan fingerprint density at radius 3 is 2.77 bits per heavy atom. The number of rotatable bonds is 3. The highest BCUT2D eigenvalue weighted by molar-refractivity contribution is 6.30. The first-order chi connectivity index (χ1) is 12.1. The van der Waals surface area contributed by atoms with Gasteiger partial charge in [-0.25, -0.2) is 0 Å². The fraction of sp³-hybridized carbons (Fsp3) is 0.278. The first kappa shape index (κ1) is 20.2. The lowest BCUT2D eigenvalue weighted by atomic mass is 10.0. The van der Waals surface area contributed by atoms with Crippen LogP contribution < -0.4 is 10.6 Å². The summed E-state index contributed by atoms with van der Waals surface area (Å²) in [6.45, 7) is 1.98. The molecule has 0 aliphatic carbocycles. The first-order valence-corrected chi connectivity index (χ1v) is 8.43. The van der Waals surface area contributed by atoms with E-state index in [2.05, 4.69) is 15.6 Å². The van der Waals surface area contributed by atoms with Crippen molar-refractivity contribution in [2.45, 2.75) is 6.04 Å². The molecule has 2 aromatic rings. The van der Waals surface area contributed by atoms with E-state index >= 15 is 0 Å². The quantitative estimate of drug-likeness (QED) is 0.837. The number of nitrogens with one attached hydrogen (secondary N) is 2. The van der Waals surface area contributed by atoms with Gasteiger partial charge in [0.05, 0.1) is 11.6 Å². The van der Waals surface area contributed by atoms with Crippen molar-refractivity contribution in [2.75, 3.05) is 26.7 Å². The summed E-state index contributed by atoms with van der Waals surface area (Å²) < 4.78 is 0. The van der Waals surface area contributed by atoms with Crippen LogP contribution in [0, 0.1) is 0 Å². The molecule has 0 radical (unpaired) electrons. The highest BCUT2D eigenvalue weighted by Crippen LogP contribution is 2.26. The van der Waals surface area contributed by atoms with Gasteiger partial charge in [-0.3, -0.25) is 14.6 Å². The lowest BCUT2D eigenvalue weighted by Crippen LogP contribution is -2.48. The molecule has 2 heterocycles. The van der Waals surface area contributed by atoms with Crippen LogP contribution in [0.1, 0.15) is 32.5 Å². The summed E-state index contributed by atoms with van der Waals surface area (Å²) in [5.41, 5.74) is 1.73. The number of amides is 2. The Bertz CT molecular complexity index is 783. The maximum atomic E-state index is 12.9. The minimum absolute atomic E-state index is 0. The highest BCUT2D eigenvalue weighted by atomic mass is 35.5. The molecule has 26 heavy (non-hydrogen) atoms. The van der Waals surface area contributed by atoms with E-state index < -0.39 is 0 Å². The fourth-order valence-corrected chi connectivity index (χ4v) is 3.11. The predicted molar refractivity (Wildman–Crippen MR) is 103 cm³/mol. The van der Waals surface area contributed by atoms with Crippen LogP contribution in [-0.2, 0) is 0 Å². The topological polar surface area (TPSA) is 74.3 Å². The predicted octanol–water partition coefficient (Wildman–Crippen LogP) is 2.30. The van der Waals surface area contributed by atoms with E-state index in [4.69, 9.17) is 11.6 Å². The van der Waals surface area contributed by atoms with Gasteiger partial charge in [0, 0.05) is 37.9 Å². The van der Waals surface area contributed by atoms with E-state index in [1.165, 1.54) is 6.20 Å².